The van der Waals surface area contributed by atoms with Crippen LogP contribution in [0.5, 0.6) is 0 Å². The Hall–Kier alpha value is -0.570. The van der Waals surface area contributed by atoms with E-state index in [1.807, 2.05) is 7.05 Å². The number of nitrogens with zero attached hydrogens (tertiary/aromatic N) is 1. The molecule has 0 bridgehead atoms. The Morgan fingerprint density at radius 1 is 1.55 bits per heavy atom. The van der Waals surface area contributed by atoms with Gasteiger partial charge in [-0.15, -0.1) is 0 Å². The van der Waals surface area contributed by atoms with Gasteiger partial charge in [0.2, 0.25) is 0 Å². The zero-order valence-corrected chi connectivity index (χ0v) is 7.21. The highest BCUT2D eigenvalue weighted by Gasteiger charge is 2.31. The Morgan fingerprint density at radius 3 is 2.82 bits per heavy atom. The van der Waals surface area contributed by atoms with E-state index in [4.69, 9.17) is 4.74 Å². The van der Waals surface area contributed by atoms with Crippen LogP contribution in [-0.4, -0.2) is 42.4 Å². The van der Waals surface area contributed by atoms with Crippen molar-refractivity contribution in [1.29, 1.82) is 0 Å². The van der Waals surface area contributed by atoms with E-state index in [9.17, 15) is 4.79 Å². The minimum absolute atomic E-state index is 0.119. The van der Waals surface area contributed by atoms with Gasteiger partial charge in [0.15, 0.2) is 13.2 Å². The van der Waals surface area contributed by atoms with Crippen LogP contribution in [0.25, 0.3) is 0 Å². The first kappa shape index (κ1) is 8.53. The van der Waals surface area contributed by atoms with Gasteiger partial charge in [-0.05, 0) is 32.9 Å². The van der Waals surface area contributed by atoms with Crippen molar-refractivity contribution in [3.63, 3.8) is 0 Å². The van der Waals surface area contributed by atoms with Crippen LogP contribution in [-0.2, 0) is 4.74 Å². The lowest BCUT2D eigenvalue weighted by atomic mass is 10.0. The number of likely N-dealkylation sites (tertiary alicyclic amines) is 1. The predicted octanol–water partition coefficient (Wildman–Crippen LogP) is 0.619. The summed E-state index contributed by atoms with van der Waals surface area (Å²) in [4.78, 5) is 11.4. The number of ether oxygens (including phenoxy) is 1. The minimum Gasteiger partial charge on any atom is -0.338 e. The number of rotatable bonds is 1. The van der Waals surface area contributed by atoms with E-state index < -0.39 is 0 Å². The molecule has 1 aliphatic heterocycles. The highest BCUT2D eigenvalue weighted by atomic mass is 16.5. The molecule has 1 N–H and O–H groups in total. The summed E-state index contributed by atoms with van der Waals surface area (Å²) in [5.41, 5.74) is 0. The summed E-state index contributed by atoms with van der Waals surface area (Å²) in [5, 5.41) is 0. The summed E-state index contributed by atoms with van der Waals surface area (Å²) < 4.78 is 4.79. The highest BCUT2D eigenvalue weighted by Crippen LogP contribution is 2.15. The molecule has 1 aliphatic rings. The van der Waals surface area contributed by atoms with Gasteiger partial charge in [0.1, 0.15) is 0 Å². The maximum Gasteiger partial charge on any atom is 0.500 e. The van der Waals surface area contributed by atoms with E-state index in [2.05, 4.69) is 4.90 Å². The molecule has 0 saturated carbocycles. The molecule has 0 aromatic rings. The second kappa shape index (κ2) is 3.72. The average molecular weight is 158 g/mol. The number of hydrogen-bond acceptors (Lipinski definition) is 2. The van der Waals surface area contributed by atoms with Gasteiger partial charge < -0.3 is 9.53 Å². The van der Waals surface area contributed by atoms with Crippen molar-refractivity contribution in [1.82, 2.24) is 4.90 Å². The molecule has 0 aromatic heterocycles. The average Bonchev–Trinajstić information content (AvgIpc) is 2.04. The van der Waals surface area contributed by atoms with Gasteiger partial charge >= 0.3 is 5.97 Å². The van der Waals surface area contributed by atoms with E-state index in [0.717, 1.165) is 13.0 Å². The van der Waals surface area contributed by atoms with Gasteiger partial charge in [0, 0.05) is 0 Å². The molecule has 1 fully saturated rings. The summed E-state index contributed by atoms with van der Waals surface area (Å²) >= 11 is 0. The number of piperidine rings is 1. The molecule has 3 heteroatoms. The lowest BCUT2D eigenvalue weighted by molar-refractivity contribution is 0.190. The molecule has 1 unspecified atom stereocenters. The monoisotopic (exact) mass is 158 g/mol. The third-order valence-electron chi connectivity index (χ3n) is 2.26. The quantitative estimate of drug-likeness (QED) is 0.414. The van der Waals surface area contributed by atoms with Gasteiger partial charge in [-0.1, -0.05) is 0 Å². The molecule has 0 amide bonds. The van der Waals surface area contributed by atoms with Gasteiger partial charge in [0.05, 0.1) is 0 Å². The fourth-order valence-corrected chi connectivity index (χ4v) is 1.52. The number of carbonyl (C=O) groups excluding carboxylic acids is 1. The molecule has 0 spiro atoms. The maximum absolute atomic E-state index is 9.31. The summed E-state index contributed by atoms with van der Waals surface area (Å²) in [7, 11) is 3.52. The van der Waals surface area contributed by atoms with E-state index in [1.165, 1.54) is 20.0 Å². The molecule has 64 valence electrons. The lowest BCUT2D eigenvalue weighted by Gasteiger charge is -2.26. The number of methoxy groups -OCH3 is 1. The number of hydrogen-bond donors (Lipinski definition) is 0. The first-order chi connectivity index (χ1) is 5.25. The smallest absolute Gasteiger partial charge is 0.338 e. The Morgan fingerprint density at radius 2 is 2.27 bits per heavy atom. The molecule has 0 aromatic carbocycles. The maximum atomic E-state index is 9.31. The van der Waals surface area contributed by atoms with Crippen LogP contribution in [0.15, 0.2) is 0 Å². The van der Waals surface area contributed by atoms with Gasteiger partial charge in [-0.3, -0.25) is 4.90 Å². The van der Waals surface area contributed by atoms with E-state index in [1.54, 1.807) is 0 Å². The van der Waals surface area contributed by atoms with Crippen LogP contribution in [0.3, 0.4) is 0 Å². The molecule has 3 nitrogen and oxygen atoms in total. The normalized spacial score (nSPS) is 26.5. The van der Waals surface area contributed by atoms with Gasteiger partial charge in [0.25, 0.3) is 0 Å². The number of likely N-dealkylation sites (N-methyl/N-ethyl adjacent to an activating group) is 1. The third kappa shape index (κ3) is 1.93. The van der Waals surface area contributed by atoms with Crippen molar-refractivity contribution in [3.05, 3.63) is 0 Å². The second-order valence-corrected chi connectivity index (χ2v) is 3.03. The van der Waals surface area contributed by atoms with Crippen molar-refractivity contribution >= 4 is 5.97 Å². The van der Waals surface area contributed by atoms with Gasteiger partial charge in [-0.2, -0.15) is 0 Å². The molecule has 11 heavy (non-hydrogen) atoms. The van der Waals surface area contributed by atoms with Crippen LogP contribution >= 0.6 is 0 Å². The van der Waals surface area contributed by atoms with Crippen molar-refractivity contribution in [2.75, 3.05) is 20.7 Å². The SMILES string of the molecule is COC(=[OH+])C1CCCCN1C. The van der Waals surface area contributed by atoms with Gasteiger partial charge in [-0.25, -0.2) is 0 Å². The Labute approximate surface area is 67.3 Å². The fourth-order valence-electron chi connectivity index (χ4n) is 1.52. The standard InChI is InChI=1S/C8H15NO2/c1-9-6-4-3-5-7(9)8(10)11-2/h7H,3-6H2,1-2H3/p+1. The first-order valence-electron chi connectivity index (χ1n) is 4.05. The fraction of sp³-hybridized carbons (Fsp3) is 0.875. The van der Waals surface area contributed by atoms with Crippen LogP contribution in [0, 0.1) is 0 Å². The van der Waals surface area contributed by atoms with Crippen molar-refractivity contribution in [2.45, 2.75) is 25.3 Å². The Balaban J connectivity index is 2.47. The van der Waals surface area contributed by atoms with Crippen LogP contribution in [0.2, 0.25) is 0 Å². The molecule has 0 aliphatic carbocycles. The molecule has 1 heterocycles. The summed E-state index contributed by atoms with van der Waals surface area (Å²) in [6.07, 6.45) is 3.42. The Bertz CT molecular complexity index is 147. The van der Waals surface area contributed by atoms with E-state index >= 15 is 0 Å². The molecule has 0 radical (unpaired) electrons. The largest absolute Gasteiger partial charge is 0.500 e. The molecule has 1 atom stereocenters. The zero-order chi connectivity index (χ0) is 8.27. The Kier molecular flexibility index (Phi) is 2.88. The van der Waals surface area contributed by atoms with Crippen molar-refractivity contribution in [3.8, 4) is 0 Å². The van der Waals surface area contributed by atoms with Crippen LogP contribution in [0.4, 0.5) is 0 Å². The lowest BCUT2D eigenvalue weighted by Crippen LogP contribution is -2.42. The summed E-state index contributed by atoms with van der Waals surface area (Å²) in [6.45, 7) is 1.05. The minimum atomic E-state index is 0.119. The predicted molar refractivity (Wildman–Crippen MR) is 44.2 cm³/mol. The zero-order valence-electron chi connectivity index (χ0n) is 7.21. The molecular weight excluding hydrogens is 142 g/mol. The summed E-state index contributed by atoms with van der Waals surface area (Å²) in [6, 6.07) is 0.119. The van der Waals surface area contributed by atoms with Crippen molar-refractivity contribution in [2.24, 2.45) is 0 Å². The van der Waals surface area contributed by atoms with E-state index in [-0.39, 0.29) is 12.0 Å². The molecule has 1 saturated heterocycles. The molecular formula is C8H16NO2+. The van der Waals surface area contributed by atoms with Crippen LogP contribution < -0.4 is 0 Å². The highest BCUT2D eigenvalue weighted by molar-refractivity contribution is 5.76. The van der Waals surface area contributed by atoms with Crippen molar-refractivity contribution < 1.29 is 9.53 Å². The van der Waals surface area contributed by atoms with Crippen LogP contribution in [0.1, 0.15) is 19.3 Å². The first-order valence-corrected chi connectivity index (χ1v) is 4.05. The molecule has 1 rings (SSSR count). The second-order valence-electron chi connectivity index (χ2n) is 3.03. The topological polar surface area (TPSA) is 33.9 Å². The number of esters is 1. The van der Waals surface area contributed by atoms with E-state index in [0.29, 0.717) is 0 Å². The summed E-state index contributed by atoms with van der Waals surface area (Å²) in [5.74, 6) is 0.159. The third-order valence-corrected chi connectivity index (χ3v) is 2.26.